The maximum atomic E-state index is 13.3. The first-order valence-corrected chi connectivity index (χ1v) is 12.6. The van der Waals surface area contributed by atoms with Crippen molar-refractivity contribution in [3.8, 4) is 5.75 Å². The minimum absolute atomic E-state index is 0.160. The fourth-order valence-electron chi connectivity index (χ4n) is 4.94. The number of carbonyl (C=O) groups excluding carboxylic acids is 3. The predicted molar refractivity (Wildman–Crippen MR) is 132 cm³/mol. The topological polar surface area (TPSA) is 118 Å². The van der Waals surface area contributed by atoms with Gasteiger partial charge in [-0.05, 0) is 49.8 Å². The summed E-state index contributed by atoms with van der Waals surface area (Å²) in [5.74, 6) is 0.875. The van der Waals surface area contributed by atoms with Crippen LogP contribution in [0.1, 0.15) is 57.8 Å². The molecule has 2 aliphatic rings. The van der Waals surface area contributed by atoms with Crippen molar-refractivity contribution < 1.29 is 23.5 Å². The van der Waals surface area contributed by atoms with Crippen molar-refractivity contribution in [1.82, 2.24) is 15.1 Å². The van der Waals surface area contributed by atoms with Crippen LogP contribution in [-0.4, -0.2) is 59.5 Å². The van der Waals surface area contributed by atoms with Crippen LogP contribution in [0, 0.1) is 5.92 Å². The number of benzene rings is 1. The monoisotopic (exact) mass is 484 g/mol. The van der Waals surface area contributed by atoms with E-state index in [2.05, 4.69) is 5.32 Å². The molecule has 3 N–H and O–H groups in total. The number of nitrogens with one attached hydrogen (secondary N) is 1. The SMILES string of the molecule is CCCCN(C(=O)COc1ccc2oc3c(c2c1)CCCC3)C1C(=O)NC(=O)N(CC(C)C)C1N. The van der Waals surface area contributed by atoms with Crippen LogP contribution in [0.5, 0.6) is 5.75 Å². The van der Waals surface area contributed by atoms with E-state index < -0.39 is 24.1 Å². The number of hydrogen-bond donors (Lipinski definition) is 2. The molecule has 0 spiro atoms. The zero-order chi connectivity index (χ0) is 25.1. The number of unbranched alkanes of at least 4 members (excludes halogenated alkanes) is 1. The second-order valence-corrected chi connectivity index (χ2v) is 9.87. The molecule has 2 unspecified atom stereocenters. The smallest absolute Gasteiger partial charge is 0.325 e. The Morgan fingerprint density at radius 3 is 2.80 bits per heavy atom. The van der Waals surface area contributed by atoms with Crippen LogP contribution in [0.4, 0.5) is 4.79 Å². The summed E-state index contributed by atoms with van der Waals surface area (Å²) in [5.41, 5.74) is 8.45. The van der Waals surface area contributed by atoms with E-state index in [-0.39, 0.29) is 18.4 Å². The number of amides is 4. The summed E-state index contributed by atoms with van der Waals surface area (Å²) >= 11 is 0. The number of aryl methyl sites for hydroxylation is 2. The molecular formula is C26H36N4O5. The van der Waals surface area contributed by atoms with Gasteiger partial charge in [0.2, 0.25) is 0 Å². The van der Waals surface area contributed by atoms with Gasteiger partial charge in [0.25, 0.3) is 11.8 Å². The van der Waals surface area contributed by atoms with Crippen LogP contribution in [0.15, 0.2) is 22.6 Å². The fourth-order valence-corrected chi connectivity index (χ4v) is 4.94. The van der Waals surface area contributed by atoms with Gasteiger partial charge in [-0.15, -0.1) is 0 Å². The van der Waals surface area contributed by atoms with Gasteiger partial charge < -0.3 is 24.7 Å². The average Bonchev–Trinajstić information content (AvgIpc) is 3.20. The van der Waals surface area contributed by atoms with Crippen LogP contribution >= 0.6 is 0 Å². The number of furan rings is 1. The Morgan fingerprint density at radius 2 is 2.06 bits per heavy atom. The third-order valence-corrected chi connectivity index (χ3v) is 6.70. The van der Waals surface area contributed by atoms with Gasteiger partial charge >= 0.3 is 6.03 Å². The predicted octanol–water partition coefficient (Wildman–Crippen LogP) is 3.18. The maximum absolute atomic E-state index is 13.3. The fraction of sp³-hybridized carbons (Fsp3) is 0.577. The Labute approximate surface area is 205 Å². The lowest BCUT2D eigenvalue weighted by Gasteiger charge is -2.43. The van der Waals surface area contributed by atoms with Crippen LogP contribution in [0.2, 0.25) is 0 Å². The first-order valence-electron chi connectivity index (χ1n) is 12.6. The molecule has 4 rings (SSSR count). The molecule has 1 aromatic carbocycles. The lowest BCUT2D eigenvalue weighted by atomic mass is 9.96. The molecule has 2 aromatic rings. The van der Waals surface area contributed by atoms with Crippen molar-refractivity contribution in [1.29, 1.82) is 0 Å². The highest BCUT2D eigenvalue weighted by Gasteiger charge is 2.44. The largest absolute Gasteiger partial charge is 0.484 e. The molecular weight excluding hydrogens is 448 g/mol. The Morgan fingerprint density at radius 1 is 1.29 bits per heavy atom. The summed E-state index contributed by atoms with van der Waals surface area (Å²) in [6.07, 6.45) is 4.82. The third kappa shape index (κ3) is 5.29. The van der Waals surface area contributed by atoms with E-state index in [4.69, 9.17) is 14.9 Å². The number of rotatable bonds is 9. The van der Waals surface area contributed by atoms with Crippen LogP contribution < -0.4 is 15.8 Å². The molecule has 1 aliphatic heterocycles. The van der Waals surface area contributed by atoms with E-state index in [1.165, 1.54) is 15.4 Å². The second-order valence-electron chi connectivity index (χ2n) is 9.87. The van der Waals surface area contributed by atoms with Gasteiger partial charge in [-0.2, -0.15) is 0 Å². The lowest BCUT2D eigenvalue weighted by Crippen LogP contribution is -2.71. The zero-order valence-electron chi connectivity index (χ0n) is 20.8. The van der Waals surface area contributed by atoms with Gasteiger partial charge in [0, 0.05) is 30.5 Å². The third-order valence-electron chi connectivity index (χ3n) is 6.70. The molecule has 35 heavy (non-hydrogen) atoms. The summed E-state index contributed by atoms with van der Waals surface area (Å²) in [5, 5.41) is 3.40. The molecule has 1 saturated heterocycles. The van der Waals surface area contributed by atoms with Crippen LogP contribution in [-0.2, 0) is 22.4 Å². The minimum Gasteiger partial charge on any atom is -0.484 e. The van der Waals surface area contributed by atoms with Crippen molar-refractivity contribution in [2.45, 2.75) is 71.5 Å². The quantitative estimate of drug-likeness (QED) is 0.564. The van der Waals surface area contributed by atoms with Gasteiger partial charge in [-0.1, -0.05) is 27.2 Å². The molecule has 4 amide bonds. The van der Waals surface area contributed by atoms with Crippen molar-refractivity contribution in [3.05, 3.63) is 29.5 Å². The molecule has 1 fully saturated rings. The number of carbonyl (C=O) groups is 3. The standard InChI is InChI=1S/C26H36N4O5/c1-4-5-12-29(23-24(27)30(14-16(2)3)26(33)28-25(23)32)22(31)15-34-17-10-11-21-19(13-17)18-8-6-7-9-20(18)35-21/h10-11,13,16,23-24H,4-9,12,14-15,27H2,1-3H3,(H,28,32,33). The highest BCUT2D eigenvalue weighted by Crippen LogP contribution is 2.34. The van der Waals surface area contributed by atoms with Crippen molar-refractivity contribution >= 4 is 28.8 Å². The van der Waals surface area contributed by atoms with E-state index in [9.17, 15) is 14.4 Å². The Balaban J connectivity index is 1.50. The van der Waals surface area contributed by atoms with Crippen LogP contribution in [0.25, 0.3) is 11.0 Å². The minimum atomic E-state index is -0.975. The molecule has 190 valence electrons. The van der Waals surface area contributed by atoms with E-state index >= 15 is 0 Å². The lowest BCUT2D eigenvalue weighted by molar-refractivity contribution is -0.145. The molecule has 9 nitrogen and oxygen atoms in total. The normalized spacial score (nSPS) is 20.2. The maximum Gasteiger partial charge on any atom is 0.325 e. The number of hydrogen-bond acceptors (Lipinski definition) is 6. The number of nitrogens with two attached hydrogens (primary N) is 1. The van der Waals surface area contributed by atoms with E-state index in [0.29, 0.717) is 25.3 Å². The molecule has 2 atom stereocenters. The summed E-state index contributed by atoms with van der Waals surface area (Å²) in [6.45, 7) is 6.44. The number of ether oxygens (including phenoxy) is 1. The van der Waals surface area contributed by atoms with Gasteiger partial charge in [0.15, 0.2) is 6.61 Å². The summed E-state index contributed by atoms with van der Waals surface area (Å²) in [7, 11) is 0. The number of urea groups is 1. The van der Waals surface area contributed by atoms with Crippen molar-refractivity contribution in [2.75, 3.05) is 19.7 Å². The number of imide groups is 1. The summed E-state index contributed by atoms with van der Waals surface area (Å²) in [6, 6.07) is 4.10. The van der Waals surface area contributed by atoms with Crippen LogP contribution in [0.3, 0.4) is 0 Å². The van der Waals surface area contributed by atoms with Gasteiger partial charge in [-0.3, -0.25) is 14.9 Å². The molecule has 0 saturated carbocycles. The van der Waals surface area contributed by atoms with Crippen molar-refractivity contribution in [3.63, 3.8) is 0 Å². The Hall–Kier alpha value is -3.07. The average molecular weight is 485 g/mol. The first kappa shape index (κ1) is 25.0. The highest BCUT2D eigenvalue weighted by atomic mass is 16.5. The summed E-state index contributed by atoms with van der Waals surface area (Å²) < 4.78 is 11.9. The Kier molecular flexibility index (Phi) is 7.64. The second kappa shape index (κ2) is 10.7. The Bertz CT molecular complexity index is 1090. The van der Waals surface area contributed by atoms with E-state index in [1.54, 1.807) is 6.07 Å². The molecule has 0 radical (unpaired) electrons. The number of nitrogens with zero attached hydrogens (tertiary/aromatic N) is 2. The summed E-state index contributed by atoms with van der Waals surface area (Å²) in [4.78, 5) is 41.4. The molecule has 9 heteroatoms. The van der Waals surface area contributed by atoms with Crippen molar-refractivity contribution in [2.24, 2.45) is 11.7 Å². The van der Waals surface area contributed by atoms with Gasteiger partial charge in [0.1, 0.15) is 29.3 Å². The van der Waals surface area contributed by atoms with Gasteiger partial charge in [-0.25, -0.2) is 4.79 Å². The molecule has 0 bridgehead atoms. The van der Waals surface area contributed by atoms with E-state index in [1.807, 2.05) is 32.9 Å². The van der Waals surface area contributed by atoms with Gasteiger partial charge in [0.05, 0.1) is 0 Å². The molecule has 2 heterocycles. The molecule has 1 aliphatic carbocycles. The van der Waals surface area contributed by atoms with E-state index in [0.717, 1.165) is 48.8 Å². The number of fused-ring (bicyclic) bond motifs is 3. The zero-order valence-corrected chi connectivity index (χ0v) is 20.8. The molecule has 1 aromatic heterocycles. The first-order chi connectivity index (χ1) is 16.8. The highest BCUT2D eigenvalue weighted by molar-refractivity contribution is 6.01.